The normalized spacial score (nSPS) is 12.5. The maximum absolute atomic E-state index is 13.4. The summed E-state index contributed by atoms with van der Waals surface area (Å²) in [5.74, 6) is -0.264. The summed E-state index contributed by atoms with van der Waals surface area (Å²) in [6.07, 6.45) is 1.56. The van der Waals surface area contributed by atoms with Gasteiger partial charge in [-0.15, -0.1) is 0 Å². The first-order valence-electron chi connectivity index (χ1n) is 5.88. The molecule has 0 amide bonds. The van der Waals surface area contributed by atoms with E-state index in [0.29, 0.717) is 17.3 Å². The first-order valence-corrected chi connectivity index (χ1v) is 6.26. The Labute approximate surface area is 115 Å². The molecule has 2 N–H and O–H groups in total. The molecule has 0 saturated heterocycles. The standard InChI is InChI=1S/C13H15ClFN3O/c1-3-18-13(9(14)7-17-18)12(16)8-4-5-10(15)11(6-8)19-2/h4-7,12H,3,16H2,1-2H3. The molecule has 0 fully saturated rings. The van der Waals surface area contributed by atoms with Crippen molar-refractivity contribution in [2.75, 3.05) is 7.11 Å². The van der Waals surface area contributed by atoms with E-state index >= 15 is 0 Å². The van der Waals surface area contributed by atoms with Crippen molar-refractivity contribution < 1.29 is 9.13 Å². The number of halogens is 2. The van der Waals surface area contributed by atoms with Crippen molar-refractivity contribution >= 4 is 11.6 Å². The van der Waals surface area contributed by atoms with Crippen molar-refractivity contribution in [3.63, 3.8) is 0 Å². The van der Waals surface area contributed by atoms with Gasteiger partial charge in [-0.3, -0.25) is 4.68 Å². The molecule has 0 aliphatic rings. The number of hydrogen-bond donors (Lipinski definition) is 1. The average molecular weight is 284 g/mol. The lowest BCUT2D eigenvalue weighted by atomic mass is 10.0. The first kappa shape index (κ1) is 13.8. The van der Waals surface area contributed by atoms with Gasteiger partial charge in [-0.2, -0.15) is 5.10 Å². The molecule has 0 radical (unpaired) electrons. The molecule has 102 valence electrons. The smallest absolute Gasteiger partial charge is 0.165 e. The molecular weight excluding hydrogens is 269 g/mol. The number of nitrogens with two attached hydrogens (primary N) is 1. The van der Waals surface area contributed by atoms with Gasteiger partial charge >= 0.3 is 0 Å². The molecule has 19 heavy (non-hydrogen) atoms. The summed E-state index contributed by atoms with van der Waals surface area (Å²) in [6.45, 7) is 2.61. The molecule has 1 unspecified atom stereocenters. The van der Waals surface area contributed by atoms with Crippen LogP contribution in [0.15, 0.2) is 24.4 Å². The fraction of sp³-hybridized carbons (Fsp3) is 0.308. The van der Waals surface area contributed by atoms with E-state index in [1.54, 1.807) is 23.0 Å². The van der Waals surface area contributed by atoms with Crippen LogP contribution in [0, 0.1) is 5.82 Å². The minimum absolute atomic E-state index is 0.159. The molecule has 2 aromatic rings. The number of hydrogen-bond acceptors (Lipinski definition) is 3. The molecule has 6 heteroatoms. The summed E-state index contributed by atoms with van der Waals surface area (Å²) in [4.78, 5) is 0. The Hall–Kier alpha value is -1.59. The van der Waals surface area contributed by atoms with E-state index in [1.165, 1.54) is 13.2 Å². The number of nitrogens with zero attached hydrogens (tertiary/aromatic N) is 2. The van der Waals surface area contributed by atoms with Gasteiger partial charge in [0, 0.05) is 6.54 Å². The van der Waals surface area contributed by atoms with Crippen LogP contribution in [-0.2, 0) is 6.54 Å². The van der Waals surface area contributed by atoms with Crippen LogP contribution in [0.3, 0.4) is 0 Å². The Morgan fingerprint density at radius 3 is 2.89 bits per heavy atom. The van der Waals surface area contributed by atoms with Gasteiger partial charge in [0.2, 0.25) is 0 Å². The maximum atomic E-state index is 13.4. The second-order valence-electron chi connectivity index (χ2n) is 4.07. The Morgan fingerprint density at radius 2 is 2.26 bits per heavy atom. The molecule has 0 aliphatic carbocycles. The van der Waals surface area contributed by atoms with E-state index in [1.807, 2.05) is 6.92 Å². The molecule has 0 aliphatic heterocycles. The topological polar surface area (TPSA) is 53.1 Å². The minimum atomic E-state index is -0.482. The minimum Gasteiger partial charge on any atom is -0.494 e. The Bertz CT molecular complexity index is 585. The average Bonchev–Trinajstić information content (AvgIpc) is 2.79. The van der Waals surface area contributed by atoms with Crippen LogP contribution < -0.4 is 10.5 Å². The van der Waals surface area contributed by atoms with Crippen molar-refractivity contribution in [2.24, 2.45) is 5.73 Å². The second-order valence-corrected chi connectivity index (χ2v) is 4.47. The van der Waals surface area contributed by atoms with E-state index in [0.717, 1.165) is 5.56 Å². The number of rotatable bonds is 4. The van der Waals surface area contributed by atoms with E-state index < -0.39 is 11.9 Å². The van der Waals surface area contributed by atoms with Crippen molar-refractivity contribution in [2.45, 2.75) is 19.5 Å². The third-order valence-electron chi connectivity index (χ3n) is 2.96. The zero-order chi connectivity index (χ0) is 14.0. The highest BCUT2D eigenvalue weighted by molar-refractivity contribution is 6.31. The lowest BCUT2D eigenvalue weighted by molar-refractivity contribution is 0.385. The largest absolute Gasteiger partial charge is 0.494 e. The van der Waals surface area contributed by atoms with Gasteiger partial charge in [0.25, 0.3) is 0 Å². The Balaban J connectivity index is 2.43. The van der Waals surface area contributed by atoms with Gasteiger partial charge in [0.1, 0.15) is 0 Å². The van der Waals surface area contributed by atoms with Crippen molar-refractivity contribution in [1.82, 2.24) is 9.78 Å². The number of aromatic nitrogens is 2. The van der Waals surface area contributed by atoms with Crippen LogP contribution in [-0.4, -0.2) is 16.9 Å². The molecule has 1 heterocycles. The van der Waals surface area contributed by atoms with Gasteiger partial charge in [-0.05, 0) is 24.6 Å². The van der Waals surface area contributed by atoms with Crippen LogP contribution in [0.25, 0.3) is 0 Å². The van der Waals surface area contributed by atoms with Gasteiger partial charge in [-0.25, -0.2) is 4.39 Å². The van der Waals surface area contributed by atoms with Gasteiger partial charge < -0.3 is 10.5 Å². The van der Waals surface area contributed by atoms with E-state index in [9.17, 15) is 4.39 Å². The molecule has 2 rings (SSSR count). The van der Waals surface area contributed by atoms with E-state index in [-0.39, 0.29) is 5.75 Å². The Morgan fingerprint density at radius 1 is 1.53 bits per heavy atom. The molecule has 1 aromatic carbocycles. The van der Waals surface area contributed by atoms with Crippen molar-refractivity contribution in [3.05, 3.63) is 46.5 Å². The van der Waals surface area contributed by atoms with Crippen molar-refractivity contribution in [1.29, 1.82) is 0 Å². The number of ether oxygens (including phenoxy) is 1. The molecule has 0 saturated carbocycles. The number of aryl methyl sites for hydroxylation is 1. The predicted molar refractivity (Wildman–Crippen MR) is 71.9 cm³/mol. The Kier molecular flexibility index (Phi) is 4.07. The highest BCUT2D eigenvalue weighted by atomic mass is 35.5. The van der Waals surface area contributed by atoms with Crippen LogP contribution in [0.1, 0.15) is 24.2 Å². The first-order chi connectivity index (χ1) is 9.08. The zero-order valence-corrected chi connectivity index (χ0v) is 11.5. The van der Waals surface area contributed by atoms with Crippen LogP contribution in [0.4, 0.5) is 4.39 Å². The summed E-state index contributed by atoms with van der Waals surface area (Å²) in [6, 6.07) is 4.04. The monoisotopic (exact) mass is 283 g/mol. The molecule has 1 atom stereocenters. The summed E-state index contributed by atoms with van der Waals surface area (Å²) in [5, 5.41) is 4.64. The SMILES string of the molecule is CCn1ncc(Cl)c1C(N)c1ccc(F)c(OC)c1. The molecule has 4 nitrogen and oxygen atoms in total. The highest BCUT2D eigenvalue weighted by Gasteiger charge is 2.19. The maximum Gasteiger partial charge on any atom is 0.165 e. The summed E-state index contributed by atoms with van der Waals surface area (Å²) >= 11 is 6.10. The summed E-state index contributed by atoms with van der Waals surface area (Å²) in [5.41, 5.74) is 7.61. The molecule has 0 spiro atoms. The quantitative estimate of drug-likeness (QED) is 0.939. The predicted octanol–water partition coefficient (Wildman–Crippen LogP) is 2.75. The summed E-state index contributed by atoms with van der Waals surface area (Å²) in [7, 11) is 1.41. The third kappa shape index (κ3) is 2.57. The van der Waals surface area contributed by atoms with Gasteiger partial charge in [0.05, 0.1) is 30.1 Å². The van der Waals surface area contributed by atoms with Crippen LogP contribution in [0.5, 0.6) is 5.75 Å². The zero-order valence-electron chi connectivity index (χ0n) is 10.7. The van der Waals surface area contributed by atoms with E-state index in [2.05, 4.69) is 5.10 Å². The fourth-order valence-corrected chi connectivity index (χ4v) is 2.22. The van der Waals surface area contributed by atoms with E-state index in [4.69, 9.17) is 22.1 Å². The molecule has 1 aromatic heterocycles. The van der Waals surface area contributed by atoms with Crippen LogP contribution >= 0.6 is 11.6 Å². The van der Waals surface area contributed by atoms with Gasteiger partial charge in [-0.1, -0.05) is 17.7 Å². The fourth-order valence-electron chi connectivity index (χ4n) is 1.96. The summed E-state index contributed by atoms with van der Waals surface area (Å²) < 4.78 is 20.1. The molecular formula is C13H15ClFN3O. The molecule has 0 bridgehead atoms. The van der Waals surface area contributed by atoms with Crippen LogP contribution in [0.2, 0.25) is 5.02 Å². The number of benzene rings is 1. The highest BCUT2D eigenvalue weighted by Crippen LogP contribution is 2.29. The lowest BCUT2D eigenvalue weighted by Gasteiger charge is -2.15. The second kappa shape index (κ2) is 5.59. The van der Waals surface area contributed by atoms with Gasteiger partial charge in [0.15, 0.2) is 11.6 Å². The third-order valence-corrected chi connectivity index (χ3v) is 3.25. The van der Waals surface area contributed by atoms with Crippen molar-refractivity contribution in [3.8, 4) is 5.75 Å². The lowest BCUT2D eigenvalue weighted by Crippen LogP contribution is -2.17. The number of methoxy groups -OCH3 is 1.